The molecule has 0 radical (unpaired) electrons. The third kappa shape index (κ3) is 5.80. The maximum atomic E-state index is 12.9. The van der Waals surface area contributed by atoms with Gasteiger partial charge in [-0.2, -0.15) is 0 Å². The lowest BCUT2D eigenvalue weighted by Gasteiger charge is -2.38. The summed E-state index contributed by atoms with van der Waals surface area (Å²) in [5, 5.41) is 18.6. The van der Waals surface area contributed by atoms with Crippen LogP contribution < -0.4 is 21.7 Å². The topological polar surface area (TPSA) is 140 Å². The van der Waals surface area contributed by atoms with Crippen LogP contribution in [0.3, 0.4) is 0 Å². The van der Waals surface area contributed by atoms with E-state index >= 15 is 0 Å². The number of anilines is 3. The first-order valence-electron chi connectivity index (χ1n) is 12.7. The fraction of sp³-hybridized carbons (Fsp3) is 0.444. The van der Waals surface area contributed by atoms with Gasteiger partial charge in [-0.25, -0.2) is 4.79 Å². The van der Waals surface area contributed by atoms with E-state index in [-0.39, 0.29) is 30.4 Å². The Morgan fingerprint density at radius 3 is 2.59 bits per heavy atom. The molecule has 2 aliphatic heterocycles. The summed E-state index contributed by atoms with van der Waals surface area (Å²) in [4.78, 5) is 41.9. The molecule has 6 N–H and O–H groups in total. The van der Waals surface area contributed by atoms with Crippen molar-refractivity contribution in [2.75, 3.05) is 49.6 Å². The maximum Gasteiger partial charge on any atom is 0.322 e. The van der Waals surface area contributed by atoms with Gasteiger partial charge in [-0.05, 0) is 68.0 Å². The molecule has 37 heavy (non-hydrogen) atoms. The van der Waals surface area contributed by atoms with Crippen molar-refractivity contribution in [2.45, 2.75) is 45.3 Å². The summed E-state index contributed by atoms with van der Waals surface area (Å²) >= 11 is 0. The Morgan fingerprint density at radius 1 is 1.19 bits per heavy atom. The van der Waals surface area contributed by atoms with Gasteiger partial charge in [0, 0.05) is 44.0 Å². The number of benzene rings is 2. The lowest BCUT2D eigenvalue weighted by Crippen LogP contribution is -2.51. The minimum Gasteiger partial charge on any atom is -0.397 e. The normalized spacial score (nSPS) is 16.9. The minimum atomic E-state index is -0.562. The number of likely N-dealkylation sites (tertiary alicyclic amines) is 1. The number of hydrogen-bond acceptors (Lipinski definition) is 6. The van der Waals surface area contributed by atoms with Crippen LogP contribution in [-0.2, 0) is 11.2 Å². The van der Waals surface area contributed by atoms with Crippen LogP contribution in [0.1, 0.15) is 52.9 Å². The van der Waals surface area contributed by atoms with E-state index in [1.54, 1.807) is 31.0 Å². The molecular weight excluding hydrogens is 472 g/mol. The molecule has 0 spiro atoms. The largest absolute Gasteiger partial charge is 0.397 e. The quantitative estimate of drug-likeness (QED) is 0.380. The SMILES string of the molecule is CNc1cc(C(=O)NCC(=O)N2CCC(N3CCc4cc(C(C)O)ccc4NC3=O)CC2)cc(C)c1N. The zero-order valence-corrected chi connectivity index (χ0v) is 21.6. The van der Waals surface area contributed by atoms with Gasteiger partial charge in [-0.15, -0.1) is 0 Å². The Morgan fingerprint density at radius 2 is 1.92 bits per heavy atom. The van der Waals surface area contributed by atoms with E-state index < -0.39 is 6.10 Å². The van der Waals surface area contributed by atoms with Gasteiger partial charge in [-0.1, -0.05) is 12.1 Å². The summed E-state index contributed by atoms with van der Waals surface area (Å²) in [6, 6.07) is 8.89. The number of piperidine rings is 1. The van der Waals surface area contributed by atoms with Crippen molar-refractivity contribution in [3.63, 3.8) is 0 Å². The summed E-state index contributed by atoms with van der Waals surface area (Å²) in [7, 11) is 1.74. The number of nitrogens with zero attached hydrogens (tertiary/aromatic N) is 2. The van der Waals surface area contributed by atoms with Crippen molar-refractivity contribution < 1.29 is 19.5 Å². The molecule has 10 nitrogen and oxygen atoms in total. The van der Waals surface area contributed by atoms with Gasteiger partial charge >= 0.3 is 6.03 Å². The molecule has 198 valence electrons. The highest BCUT2D eigenvalue weighted by atomic mass is 16.3. The molecule has 2 heterocycles. The predicted octanol–water partition coefficient (Wildman–Crippen LogP) is 2.48. The number of hydrogen-bond donors (Lipinski definition) is 5. The Balaban J connectivity index is 1.29. The summed E-state index contributed by atoms with van der Waals surface area (Å²) in [6.07, 6.45) is 1.48. The second-order valence-electron chi connectivity index (χ2n) is 9.77. The monoisotopic (exact) mass is 508 g/mol. The lowest BCUT2D eigenvalue weighted by atomic mass is 10.0. The number of amides is 4. The number of aliphatic hydroxyl groups excluding tert-OH is 1. The van der Waals surface area contributed by atoms with Crippen molar-refractivity contribution in [1.82, 2.24) is 15.1 Å². The Hall–Kier alpha value is -3.79. The van der Waals surface area contributed by atoms with Gasteiger partial charge in [0.05, 0.1) is 24.0 Å². The number of carbonyl (C=O) groups excluding carboxylic acids is 3. The van der Waals surface area contributed by atoms with Gasteiger partial charge in [0.2, 0.25) is 5.91 Å². The second kappa shape index (κ2) is 11.1. The van der Waals surface area contributed by atoms with Gasteiger partial charge < -0.3 is 36.6 Å². The van der Waals surface area contributed by atoms with Gasteiger partial charge in [-0.3, -0.25) is 9.59 Å². The first-order chi connectivity index (χ1) is 17.7. The average molecular weight is 509 g/mol. The molecule has 0 bridgehead atoms. The van der Waals surface area contributed by atoms with Crippen molar-refractivity contribution >= 4 is 34.9 Å². The first-order valence-corrected chi connectivity index (χ1v) is 12.7. The van der Waals surface area contributed by atoms with Crippen molar-refractivity contribution in [3.05, 3.63) is 52.6 Å². The van der Waals surface area contributed by atoms with Crippen LogP contribution in [0.5, 0.6) is 0 Å². The summed E-state index contributed by atoms with van der Waals surface area (Å²) < 4.78 is 0. The molecule has 1 atom stereocenters. The molecule has 0 aromatic heterocycles. The Bertz CT molecular complexity index is 1190. The lowest BCUT2D eigenvalue weighted by molar-refractivity contribution is -0.131. The molecule has 4 rings (SSSR count). The van der Waals surface area contributed by atoms with E-state index in [4.69, 9.17) is 5.73 Å². The average Bonchev–Trinajstić information content (AvgIpc) is 3.06. The summed E-state index contributed by atoms with van der Waals surface area (Å²) in [5.74, 6) is -0.478. The fourth-order valence-corrected chi connectivity index (χ4v) is 5.01. The molecule has 0 saturated carbocycles. The minimum absolute atomic E-state index is 0.0295. The van der Waals surface area contributed by atoms with E-state index in [0.29, 0.717) is 55.8 Å². The standard InChI is InChI=1S/C27H36N6O4/c1-16-12-20(14-23(29-3)25(16)28)26(36)30-15-24(35)32-9-7-21(8-10-32)33-11-6-19-13-18(17(2)34)4-5-22(19)31-27(33)37/h4-5,12-14,17,21,29,34H,6-11,15,28H2,1-3H3,(H,30,36)(H,31,37). The molecule has 1 unspecified atom stereocenters. The van der Waals surface area contributed by atoms with Crippen LogP contribution in [0.25, 0.3) is 0 Å². The van der Waals surface area contributed by atoms with E-state index in [9.17, 15) is 19.5 Å². The highest BCUT2D eigenvalue weighted by Crippen LogP contribution is 2.27. The van der Waals surface area contributed by atoms with Crippen molar-refractivity contribution in [1.29, 1.82) is 0 Å². The molecule has 10 heteroatoms. The highest BCUT2D eigenvalue weighted by molar-refractivity contribution is 5.98. The second-order valence-corrected chi connectivity index (χ2v) is 9.77. The van der Waals surface area contributed by atoms with Crippen LogP contribution >= 0.6 is 0 Å². The number of nitrogen functional groups attached to an aromatic ring is 1. The van der Waals surface area contributed by atoms with Gasteiger partial charge in [0.1, 0.15) is 0 Å². The molecule has 2 aliphatic rings. The molecule has 1 saturated heterocycles. The van der Waals surface area contributed by atoms with E-state index in [2.05, 4.69) is 16.0 Å². The smallest absolute Gasteiger partial charge is 0.322 e. The predicted molar refractivity (Wildman–Crippen MR) is 144 cm³/mol. The number of nitrogens with two attached hydrogens (primary N) is 1. The van der Waals surface area contributed by atoms with Crippen LogP contribution in [-0.4, -0.2) is 72.0 Å². The van der Waals surface area contributed by atoms with E-state index in [1.807, 2.05) is 30.0 Å². The van der Waals surface area contributed by atoms with Crippen molar-refractivity contribution in [3.8, 4) is 0 Å². The number of carbonyl (C=O) groups is 3. The molecule has 1 fully saturated rings. The zero-order chi connectivity index (χ0) is 26.7. The molecular formula is C27H36N6O4. The van der Waals surface area contributed by atoms with Crippen LogP contribution in [0.4, 0.5) is 21.9 Å². The van der Waals surface area contributed by atoms with Crippen LogP contribution in [0.15, 0.2) is 30.3 Å². The molecule has 2 aromatic carbocycles. The maximum absolute atomic E-state index is 12.9. The summed E-state index contributed by atoms with van der Waals surface area (Å²) in [5.41, 5.74) is 11.1. The third-order valence-corrected chi connectivity index (χ3v) is 7.31. The first kappa shape index (κ1) is 26.3. The molecule has 4 amide bonds. The number of aliphatic hydroxyl groups is 1. The van der Waals surface area contributed by atoms with Crippen LogP contribution in [0, 0.1) is 6.92 Å². The van der Waals surface area contributed by atoms with Gasteiger partial charge in [0.25, 0.3) is 5.91 Å². The van der Waals surface area contributed by atoms with E-state index in [1.165, 1.54) is 0 Å². The van der Waals surface area contributed by atoms with Crippen molar-refractivity contribution in [2.24, 2.45) is 0 Å². The zero-order valence-electron chi connectivity index (χ0n) is 21.6. The number of urea groups is 1. The highest BCUT2D eigenvalue weighted by Gasteiger charge is 2.31. The molecule has 0 aliphatic carbocycles. The number of fused-ring (bicyclic) bond motifs is 1. The third-order valence-electron chi connectivity index (χ3n) is 7.31. The summed E-state index contributed by atoms with van der Waals surface area (Å²) in [6.45, 7) is 5.08. The Labute approximate surface area is 217 Å². The van der Waals surface area contributed by atoms with Gasteiger partial charge in [0.15, 0.2) is 0 Å². The van der Waals surface area contributed by atoms with Crippen LogP contribution in [0.2, 0.25) is 0 Å². The fourth-order valence-electron chi connectivity index (χ4n) is 5.01. The van der Waals surface area contributed by atoms with E-state index in [0.717, 1.165) is 22.4 Å². The Kier molecular flexibility index (Phi) is 7.87. The number of rotatable bonds is 6. The molecule has 2 aromatic rings. The number of nitrogens with one attached hydrogen (secondary N) is 3. The number of aryl methyl sites for hydroxylation is 1.